The maximum atomic E-state index is 12.2. The number of carbonyl (C=O) groups excluding carboxylic acids is 3. The third-order valence-electron chi connectivity index (χ3n) is 3.19. The molecule has 0 radical (unpaired) electrons. The predicted octanol–water partition coefficient (Wildman–Crippen LogP) is 2.17. The average molecular weight is 316 g/mol. The highest BCUT2D eigenvalue weighted by molar-refractivity contribution is 6.14. The Morgan fingerprint density at radius 1 is 1.26 bits per heavy atom. The van der Waals surface area contributed by atoms with Gasteiger partial charge in [0.2, 0.25) is 0 Å². The lowest BCUT2D eigenvalue weighted by atomic mass is 10.2. The minimum atomic E-state index is -0.520. The molecule has 1 fully saturated rings. The number of rotatable bonds is 6. The van der Waals surface area contributed by atoms with Crippen LogP contribution in [0, 0.1) is 5.92 Å². The van der Waals surface area contributed by atoms with Crippen molar-refractivity contribution in [3.8, 4) is 0 Å². The zero-order valence-corrected chi connectivity index (χ0v) is 13.2. The summed E-state index contributed by atoms with van der Waals surface area (Å²) >= 11 is 0. The molecule has 1 heterocycles. The molecule has 122 valence electrons. The van der Waals surface area contributed by atoms with Crippen LogP contribution in [0.3, 0.4) is 0 Å². The van der Waals surface area contributed by atoms with Gasteiger partial charge in [-0.15, -0.1) is 0 Å². The molecule has 1 aromatic carbocycles. The second kappa shape index (κ2) is 7.58. The number of amides is 3. The largest absolute Gasteiger partial charge is 0.465 e. The van der Waals surface area contributed by atoms with Crippen molar-refractivity contribution < 1.29 is 19.1 Å². The molecule has 1 aliphatic rings. The van der Waals surface area contributed by atoms with Crippen LogP contribution in [0.1, 0.15) is 25.8 Å². The van der Waals surface area contributed by atoms with E-state index >= 15 is 0 Å². The molecule has 0 unspecified atom stereocenters. The van der Waals surface area contributed by atoms with Crippen molar-refractivity contribution in [1.29, 1.82) is 0 Å². The van der Waals surface area contributed by atoms with Crippen LogP contribution in [-0.4, -0.2) is 36.0 Å². The van der Waals surface area contributed by atoms with Crippen LogP contribution in [0.25, 0.3) is 6.08 Å². The monoisotopic (exact) mass is 316 g/mol. The number of carbonyl (C=O) groups is 3. The summed E-state index contributed by atoms with van der Waals surface area (Å²) in [6.45, 7) is 4.21. The Morgan fingerprint density at radius 2 is 1.96 bits per heavy atom. The van der Waals surface area contributed by atoms with Crippen molar-refractivity contribution in [1.82, 2.24) is 10.2 Å². The first-order valence-corrected chi connectivity index (χ1v) is 7.52. The highest BCUT2D eigenvalue weighted by Gasteiger charge is 2.33. The van der Waals surface area contributed by atoms with Crippen LogP contribution in [0.2, 0.25) is 0 Å². The van der Waals surface area contributed by atoms with Gasteiger partial charge in [0, 0.05) is 6.54 Å². The van der Waals surface area contributed by atoms with Crippen molar-refractivity contribution in [3.63, 3.8) is 0 Å². The Kier molecular flexibility index (Phi) is 5.51. The van der Waals surface area contributed by atoms with Gasteiger partial charge >= 0.3 is 12.0 Å². The molecule has 3 amide bonds. The van der Waals surface area contributed by atoms with Crippen molar-refractivity contribution in [2.75, 3.05) is 13.2 Å². The predicted molar refractivity (Wildman–Crippen MR) is 85.1 cm³/mol. The van der Waals surface area contributed by atoms with E-state index in [1.165, 1.54) is 0 Å². The molecular weight excluding hydrogens is 296 g/mol. The lowest BCUT2D eigenvalue weighted by Gasteiger charge is -2.12. The van der Waals surface area contributed by atoms with Crippen LogP contribution in [-0.2, 0) is 14.3 Å². The molecule has 0 atom stereocenters. The summed E-state index contributed by atoms with van der Waals surface area (Å²) in [6, 6.07) is 8.70. The quantitative estimate of drug-likeness (QED) is 0.496. The van der Waals surface area contributed by atoms with E-state index in [-0.39, 0.29) is 24.6 Å². The van der Waals surface area contributed by atoms with Gasteiger partial charge in [-0.1, -0.05) is 44.2 Å². The lowest BCUT2D eigenvalue weighted by Crippen LogP contribution is -2.33. The molecule has 6 heteroatoms. The number of nitrogens with zero attached hydrogens (tertiary/aromatic N) is 1. The van der Waals surface area contributed by atoms with Gasteiger partial charge in [-0.05, 0) is 17.6 Å². The van der Waals surface area contributed by atoms with E-state index in [1.54, 1.807) is 6.08 Å². The Hall–Kier alpha value is -2.63. The van der Waals surface area contributed by atoms with Crippen molar-refractivity contribution in [2.45, 2.75) is 20.3 Å². The number of esters is 1. The van der Waals surface area contributed by atoms with Crippen LogP contribution in [0.5, 0.6) is 0 Å². The van der Waals surface area contributed by atoms with Crippen LogP contribution >= 0.6 is 0 Å². The first kappa shape index (κ1) is 16.7. The van der Waals surface area contributed by atoms with E-state index in [1.807, 2.05) is 44.2 Å². The third-order valence-corrected chi connectivity index (χ3v) is 3.19. The van der Waals surface area contributed by atoms with Crippen molar-refractivity contribution >= 4 is 24.0 Å². The van der Waals surface area contributed by atoms with E-state index in [4.69, 9.17) is 4.74 Å². The molecule has 0 saturated carbocycles. The van der Waals surface area contributed by atoms with E-state index in [2.05, 4.69) is 5.32 Å². The molecule has 23 heavy (non-hydrogen) atoms. The summed E-state index contributed by atoms with van der Waals surface area (Å²) in [4.78, 5) is 36.7. The van der Waals surface area contributed by atoms with E-state index in [0.29, 0.717) is 6.61 Å². The number of benzene rings is 1. The number of hydrogen-bond acceptors (Lipinski definition) is 4. The van der Waals surface area contributed by atoms with Gasteiger partial charge in [0.1, 0.15) is 5.70 Å². The van der Waals surface area contributed by atoms with Gasteiger partial charge in [-0.3, -0.25) is 14.5 Å². The molecule has 1 aliphatic heterocycles. The number of urea groups is 1. The summed E-state index contributed by atoms with van der Waals surface area (Å²) < 4.78 is 5.03. The van der Waals surface area contributed by atoms with Crippen LogP contribution in [0.4, 0.5) is 4.79 Å². The molecule has 1 aromatic rings. The normalized spacial score (nSPS) is 16.1. The first-order valence-electron chi connectivity index (χ1n) is 7.52. The standard InChI is InChI=1S/C17H20N2O4/c1-12(2)11-23-15(20)8-9-19-16(21)14(18-17(19)22)10-13-6-4-3-5-7-13/h3-7,10,12H,8-9,11H2,1-2H3,(H,18,22)/b14-10+. The molecule has 0 spiro atoms. The fraction of sp³-hybridized carbons (Fsp3) is 0.353. The van der Waals surface area contributed by atoms with Gasteiger partial charge in [0.25, 0.3) is 5.91 Å². The van der Waals surface area contributed by atoms with E-state index in [9.17, 15) is 14.4 Å². The molecule has 0 aromatic heterocycles. The number of nitrogens with one attached hydrogen (secondary N) is 1. The number of hydrogen-bond donors (Lipinski definition) is 1. The third kappa shape index (κ3) is 4.67. The summed E-state index contributed by atoms with van der Waals surface area (Å²) in [5, 5.41) is 2.52. The second-order valence-corrected chi connectivity index (χ2v) is 5.68. The molecule has 0 bridgehead atoms. The number of ether oxygens (including phenoxy) is 1. The molecule has 1 saturated heterocycles. The summed E-state index contributed by atoms with van der Waals surface area (Å²) in [7, 11) is 0. The SMILES string of the molecule is CC(C)COC(=O)CCN1C(=O)N/C(=C/c2ccccc2)C1=O. The smallest absolute Gasteiger partial charge is 0.329 e. The van der Waals surface area contributed by atoms with E-state index < -0.39 is 17.9 Å². The Bertz CT molecular complexity index is 623. The Labute approximate surface area is 135 Å². The van der Waals surface area contributed by atoms with Gasteiger partial charge in [-0.25, -0.2) is 4.79 Å². The first-order chi connectivity index (χ1) is 11.0. The fourth-order valence-corrected chi connectivity index (χ4v) is 2.03. The minimum Gasteiger partial charge on any atom is -0.465 e. The van der Waals surface area contributed by atoms with Crippen molar-refractivity contribution in [2.24, 2.45) is 5.92 Å². The highest BCUT2D eigenvalue weighted by atomic mass is 16.5. The van der Waals surface area contributed by atoms with Crippen molar-refractivity contribution in [3.05, 3.63) is 41.6 Å². The Morgan fingerprint density at radius 3 is 2.61 bits per heavy atom. The molecule has 1 N–H and O–H groups in total. The van der Waals surface area contributed by atoms with E-state index in [0.717, 1.165) is 10.5 Å². The fourth-order valence-electron chi connectivity index (χ4n) is 2.03. The number of imide groups is 1. The van der Waals surface area contributed by atoms with Crippen LogP contribution in [0.15, 0.2) is 36.0 Å². The van der Waals surface area contributed by atoms with Gasteiger partial charge in [0.05, 0.1) is 13.0 Å². The zero-order chi connectivity index (χ0) is 16.8. The van der Waals surface area contributed by atoms with Gasteiger partial charge < -0.3 is 10.1 Å². The molecule has 0 aliphatic carbocycles. The maximum Gasteiger partial charge on any atom is 0.329 e. The minimum absolute atomic E-state index is 0.00766. The second-order valence-electron chi connectivity index (χ2n) is 5.68. The molecular formula is C17H20N2O4. The van der Waals surface area contributed by atoms with Gasteiger partial charge in [0.15, 0.2) is 0 Å². The summed E-state index contributed by atoms with van der Waals surface area (Å²) in [6.07, 6.45) is 1.60. The molecule has 2 rings (SSSR count). The zero-order valence-electron chi connectivity index (χ0n) is 13.2. The summed E-state index contributed by atoms with van der Waals surface area (Å²) in [5.41, 5.74) is 1.02. The lowest BCUT2D eigenvalue weighted by molar-refractivity contribution is -0.145. The molecule has 6 nitrogen and oxygen atoms in total. The summed E-state index contributed by atoms with van der Waals surface area (Å²) in [5.74, 6) is -0.605. The van der Waals surface area contributed by atoms with Crippen LogP contribution < -0.4 is 5.32 Å². The Balaban J connectivity index is 1.94. The highest BCUT2D eigenvalue weighted by Crippen LogP contribution is 2.14. The maximum absolute atomic E-state index is 12.2. The van der Waals surface area contributed by atoms with Gasteiger partial charge in [-0.2, -0.15) is 0 Å². The topological polar surface area (TPSA) is 75.7 Å². The average Bonchev–Trinajstić information content (AvgIpc) is 2.78.